The van der Waals surface area contributed by atoms with Crippen LogP contribution in [0.3, 0.4) is 0 Å². The Labute approximate surface area is 149 Å². The average molecular weight is 329 g/mol. The van der Waals surface area contributed by atoms with Crippen molar-refractivity contribution in [2.45, 2.75) is 26.3 Å². The second-order valence-electron chi connectivity index (χ2n) is 6.13. The van der Waals surface area contributed by atoms with Gasteiger partial charge in [0.2, 0.25) is 0 Å². The number of hydrogen-bond acceptors (Lipinski definition) is 1. The quantitative estimate of drug-likeness (QED) is 0.628. The minimum atomic E-state index is -0.0444. The molecular formula is C23H23NO. The number of hydrogen-bond donors (Lipinski definition) is 1. The summed E-state index contributed by atoms with van der Waals surface area (Å²) in [4.78, 5) is 12.4. The van der Waals surface area contributed by atoms with E-state index in [1.54, 1.807) is 0 Å². The van der Waals surface area contributed by atoms with Gasteiger partial charge in [-0.15, -0.1) is 0 Å². The van der Waals surface area contributed by atoms with E-state index in [0.29, 0.717) is 12.1 Å². The molecule has 1 N–H and O–H groups in total. The summed E-state index contributed by atoms with van der Waals surface area (Å²) in [5, 5.41) is 5.40. The third-order valence-corrected chi connectivity index (χ3v) is 4.26. The standard InChI is InChI=1S/C23H23NO/c1-2-3-4-8-18-13-15-20(16-14-18)23(25)24-17-21-11-7-10-19-9-5-6-12-22(19)21/h4-16H,2-3,17H2,1H3,(H,24,25). The molecule has 0 radical (unpaired) electrons. The zero-order valence-corrected chi connectivity index (χ0v) is 14.5. The second-order valence-corrected chi connectivity index (χ2v) is 6.13. The van der Waals surface area contributed by atoms with E-state index in [-0.39, 0.29) is 5.91 Å². The third kappa shape index (κ3) is 4.36. The summed E-state index contributed by atoms with van der Waals surface area (Å²) < 4.78 is 0. The number of carbonyl (C=O) groups is 1. The molecule has 3 aromatic rings. The monoisotopic (exact) mass is 329 g/mol. The Balaban J connectivity index is 1.66. The van der Waals surface area contributed by atoms with Gasteiger partial charge < -0.3 is 5.32 Å². The first-order valence-corrected chi connectivity index (χ1v) is 8.79. The van der Waals surface area contributed by atoms with Gasteiger partial charge in [-0.3, -0.25) is 4.79 Å². The van der Waals surface area contributed by atoms with Crippen LogP contribution in [0, 0.1) is 0 Å². The van der Waals surface area contributed by atoms with E-state index >= 15 is 0 Å². The normalized spacial score (nSPS) is 11.1. The Kier molecular flexibility index (Phi) is 5.63. The van der Waals surface area contributed by atoms with Gasteiger partial charge in [0, 0.05) is 12.1 Å². The zero-order valence-electron chi connectivity index (χ0n) is 14.5. The molecule has 0 aliphatic rings. The lowest BCUT2D eigenvalue weighted by molar-refractivity contribution is 0.0951. The summed E-state index contributed by atoms with van der Waals surface area (Å²) in [6.07, 6.45) is 6.48. The van der Waals surface area contributed by atoms with Gasteiger partial charge in [-0.2, -0.15) is 0 Å². The molecule has 0 atom stereocenters. The summed E-state index contributed by atoms with van der Waals surface area (Å²) in [7, 11) is 0. The molecule has 0 unspecified atom stereocenters. The maximum Gasteiger partial charge on any atom is 0.251 e. The molecule has 0 aromatic heterocycles. The third-order valence-electron chi connectivity index (χ3n) is 4.26. The van der Waals surface area contributed by atoms with Gasteiger partial charge in [0.05, 0.1) is 0 Å². The van der Waals surface area contributed by atoms with Crippen molar-refractivity contribution >= 4 is 22.8 Å². The van der Waals surface area contributed by atoms with Crippen molar-refractivity contribution in [3.63, 3.8) is 0 Å². The molecule has 0 fully saturated rings. The molecular weight excluding hydrogens is 306 g/mol. The Bertz CT molecular complexity index is 873. The van der Waals surface area contributed by atoms with Crippen molar-refractivity contribution in [3.05, 3.63) is 89.5 Å². The van der Waals surface area contributed by atoms with Crippen LogP contribution >= 0.6 is 0 Å². The molecule has 25 heavy (non-hydrogen) atoms. The van der Waals surface area contributed by atoms with E-state index in [1.807, 2.05) is 42.5 Å². The molecule has 0 bridgehead atoms. The first-order valence-electron chi connectivity index (χ1n) is 8.79. The molecule has 0 saturated heterocycles. The Hall–Kier alpha value is -2.87. The van der Waals surface area contributed by atoms with Crippen molar-refractivity contribution in [3.8, 4) is 0 Å². The maximum absolute atomic E-state index is 12.4. The number of nitrogens with one attached hydrogen (secondary N) is 1. The molecule has 126 valence electrons. The molecule has 1 amide bonds. The lowest BCUT2D eigenvalue weighted by atomic mass is 10.0. The van der Waals surface area contributed by atoms with Crippen LogP contribution in [0.4, 0.5) is 0 Å². The van der Waals surface area contributed by atoms with Crippen LogP contribution in [0.1, 0.15) is 41.3 Å². The second kappa shape index (κ2) is 8.29. The van der Waals surface area contributed by atoms with Crippen molar-refractivity contribution in [2.24, 2.45) is 0 Å². The highest BCUT2D eigenvalue weighted by molar-refractivity contribution is 5.94. The highest BCUT2D eigenvalue weighted by Gasteiger charge is 2.06. The first-order chi connectivity index (χ1) is 12.3. The van der Waals surface area contributed by atoms with Crippen LogP contribution in [-0.4, -0.2) is 5.91 Å². The van der Waals surface area contributed by atoms with Crippen LogP contribution in [-0.2, 0) is 6.54 Å². The Morgan fingerprint density at radius 2 is 1.72 bits per heavy atom. The number of benzene rings is 3. The van der Waals surface area contributed by atoms with E-state index < -0.39 is 0 Å². The molecule has 2 nitrogen and oxygen atoms in total. The Morgan fingerprint density at radius 1 is 0.960 bits per heavy atom. The average Bonchev–Trinajstić information content (AvgIpc) is 2.67. The number of fused-ring (bicyclic) bond motifs is 1. The van der Waals surface area contributed by atoms with Gasteiger partial charge in [0.15, 0.2) is 0 Å². The highest BCUT2D eigenvalue weighted by Crippen LogP contribution is 2.18. The van der Waals surface area contributed by atoms with E-state index in [1.165, 1.54) is 10.8 Å². The summed E-state index contributed by atoms with van der Waals surface area (Å²) in [6, 6.07) is 22.1. The maximum atomic E-state index is 12.4. The van der Waals surface area contributed by atoms with Gasteiger partial charge in [-0.25, -0.2) is 0 Å². The molecule has 0 heterocycles. The molecule has 0 aliphatic heterocycles. The SMILES string of the molecule is CCCC=Cc1ccc(C(=O)NCc2cccc3ccccc23)cc1. The predicted molar refractivity (Wildman–Crippen MR) is 106 cm³/mol. The van der Waals surface area contributed by atoms with Gasteiger partial charge in [-0.05, 0) is 40.5 Å². The van der Waals surface area contributed by atoms with Gasteiger partial charge >= 0.3 is 0 Å². The van der Waals surface area contributed by atoms with Gasteiger partial charge in [0.1, 0.15) is 0 Å². The Morgan fingerprint density at radius 3 is 2.52 bits per heavy atom. The molecule has 0 saturated carbocycles. The number of rotatable bonds is 6. The van der Waals surface area contributed by atoms with E-state index in [9.17, 15) is 4.79 Å². The molecule has 0 spiro atoms. The number of amides is 1. The molecule has 3 rings (SSSR count). The minimum absolute atomic E-state index is 0.0444. The minimum Gasteiger partial charge on any atom is -0.348 e. The molecule has 3 aromatic carbocycles. The largest absolute Gasteiger partial charge is 0.348 e. The van der Waals surface area contributed by atoms with Crippen LogP contribution in [0.15, 0.2) is 72.8 Å². The van der Waals surface area contributed by atoms with Crippen molar-refractivity contribution in [2.75, 3.05) is 0 Å². The number of unbranched alkanes of at least 4 members (excludes halogenated alkanes) is 1. The molecule has 0 aliphatic carbocycles. The lowest BCUT2D eigenvalue weighted by Crippen LogP contribution is -2.22. The van der Waals surface area contributed by atoms with Gasteiger partial charge in [0.25, 0.3) is 5.91 Å². The predicted octanol–water partition coefficient (Wildman–Crippen LogP) is 5.58. The fourth-order valence-corrected chi connectivity index (χ4v) is 2.86. The van der Waals surface area contributed by atoms with E-state index in [4.69, 9.17) is 0 Å². The van der Waals surface area contributed by atoms with Crippen LogP contribution < -0.4 is 5.32 Å². The summed E-state index contributed by atoms with van der Waals surface area (Å²) in [6.45, 7) is 2.69. The van der Waals surface area contributed by atoms with Crippen LogP contribution in [0.2, 0.25) is 0 Å². The van der Waals surface area contributed by atoms with Crippen LogP contribution in [0.5, 0.6) is 0 Å². The van der Waals surface area contributed by atoms with E-state index in [2.05, 4.69) is 48.7 Å². The topological polar surface area (TPSA) is 29.1 Å². The number of carbonyl (C=O) groups excluding carboxylic acids is 1. The zero-order chi connectivity index (χ0) is 17.5. The molecule has 2 heteroatoms. The fraction of sp³-hybridized carbons (Fsp3) is 0.174. The highest BCUT2D eigenvalue weighted by atomic mass is 16.1. The number of allylic oxidation sites excluding steroid dienone is 1. The summed E-state index contributed by atoms with van der Waals surface area (Å²) in [5.74, 6) is -0.0444. The summed E-state index contributed by atoms with van der Waals surface area (Å²) >= 11 is 0. The first kappa shape index (κ1) is 17.0. The van der Waals surface area contributed by atoms with E-state index in [0.717, 1.165) is 24.0 Å². The van der Waals surface area contributed by atoms with Gasteiger partial charge in [-0.1, -0.05) is 80.1 Å². The van der Waals surface area contributed by atoms with Crippen molar-refractivity contribution in [1.29, 1.82) is 0 Å². The van der Waals surface area contributed by atoms with Crippen molar-refractivity contribution in [1.82, 2.24) is 5.32 Å². The van der Waals surface area contributed by atoms with Crippen LogP contribution in [0.25, 0.3) is 16.8 Å². The fourth-order valence-electron chi connectivity index (χ4n) is 2.86. The lowest BCUT2D eigenvalue weighted by Gasteiger charge is -2.09. The smallest absolute Gasteiger partial charge is 0.251 e. The van der Waals surface area contributed by atoms with Crippen molar-refractivity contribution < 1.29 is 4.79 Å². The summed E-state index contributed by atoms with van der Waals surface area (Å²) in [5.41, 5.74) is 2.94.